The van der Waals surface area contributed by atoms with E-state index in [9.17, 15) is 0 Å². The first-order valence-electron chi connectivity index (χ1n) is 17.5. The zero-order chi connectivity index (χ0) is 34.1. The molecule has 0 aliphatic rings. The van der Waals surface area contributed by atoms with Crippen molar-refractivity contribution in [2.75, 3.05) is 0 Å². The molecule has 1 aromatic heterocycles. The van der Waals surface area contributed by atoms with E-state index < -0.39 is 6.04 Å². The summed E-state index contributed by atoms with van der Waals surface area (Å²) in [5, 5.41) is 6.53. The van der Waals surface area contributed by atoms with Crippen molar-refractivity contribution >= 4 is 43.5 Å². The highest BCUT2D eigenvalue weighted by Crippen LogP contribution is 2.48. The summed E-state index contributed by atoms with van der Waals surface area (Å²) in [6.07, 6.45) is 0. The average molecular weight is 578 g/mol. The number of para-hydroxylation sites is 1. The lowest BCUT2D eigenvalue weighted by Gasteiger charge is -2.19. The van der Waals surface area contributed by atoms with Crippen molar-refractivity contribution in [3.8, 4) is 44.5 Å². The van der Waals surface area contributed by atoms with Gasteiger partial charge in [-0.15, -0.1) is 0 Å². The van der Waals surface area contributed by atoms with Crippen LogP contribution in [0.3, 0.4) is 0 Å². The molecular weight excluding hydrogens is 544 g/mol. The lowest BCUT2D eigenvalue weighted by atomic mass is 9.84. The molecule has 0 spiro atoms. The number of hydrogen-bond donors (Lipinski definition) is 0. The Balaban J connectivity index is 1.32. The molecule has 0 atom stereocenters. The van der Waals surface area contributed by atoms with Crippen molar-refractivity contribution in [3.63, 3.8) is 0 Å². The third-order valence-electron chi connectivity index (χ3n) is 8.77. The minimum atomic E-state index is -0.395. The number of benzene rings is 8. The highest BCUT2D eigenvalue weighted by Gasteiger charge is 2.22. The topological polar surface area (TPSA) is 13.1 Å². The molecule has 0 fully saturated rings. The Morgan fingerprint density at radius 1 is 0.378 bits per heavy atom. The quantitative estimate of drug-likeness (QED) is 0.190. The van der Waals surface area contributed by atoms with E-state index in [-0.39, 0.29) is 29.7 Å². The van der Waals surface area contributed by atoms with Gasteiger partial charge in [0.25, 0.3) is 0 Å². The van der Waals surface area contributed by atoms with Gasteiger partial charge in [0.1, 0.15) is 11.2 Å². The largest absolute Gasteiger partial charge is 0.455 e. The standard InChI is InChI=1S/C44H28O/c1-3-13-29(14-4-1)30-23-25-32(26-24-30)41-34-17-7-9-19-36(34)42(37-20-10-8-18-35(37)41)39-28-27-33(31-15-5-2-6-16-31)44-43(39)38-21-11-12-22-40(38)45-44/h1-28H/i1D,3D,4D,13D,14D. The van der Waals surface area contributed by atoms with E-state index in [2.05, 4.69) is 84.9 Å². The van der Waals surface area contributed by atoms with Crippen LogP contribution in [0.5, 0.6) is 0 Å². The van der Waals surface area contributed by atoms with Crippen LogP contribution < -0.4 is 0 Å². The first kappa shape index (κ1) is 20.9. The molecule has 0 amide bonds. The van der Waals surface area contributed by atoms with Gasteiger partial charge in [-0.3, -0.25) is 0 Å². The van der Waals surface area contributed by atoms with Crippen LogP contribution in [0, 0.1) is 0 Å². The van der Waals surface area contributed by atoms with Gasteiger partial charge in [0.15, 0.2) is 0 Å². The average Bonchev–Trinajstić information content (AvgIpc) is 3.56. The Labute approximate surface area is 268 Å². The molecular formula is C44H28O. The van der Waals surface area contributed by atoms with Crippen molar-refractivity contribution in [1.29, 1.82) is 0 Å². The molecule has 0 aliphatic heterocycles. The highest BCUT2D eigenvalue weighted by molar-refractivity contribution is 6.26. The minimum absolute atomic E-state index is 0.197. The molecule has 1 nitrogen and oxygen atoms in total. The maximum Gasteiger partial charge on any atom is 0.143 e. The van der Waals surface area contributed by atoms with Crippen molar-refractivity contribution < 1.29 is 11.3 Å². The van der Waals surface area contributed by atoms with Gasteiger partial charge in [0, 0.05) is 16.3 Å². The fourth-order valence-electron chi connectivity index (χ4n) is 6.81. The predicted octanol–water partition coefficient (Wildman–Crippen LogP) is 12.6. The summed E-state index contributed by atoms with van der Waals surface area (Å²) in [4.78, 5) is 0. The molecule has 9 rings (SSSR count). The Hall–Kier alpha value is -5.92. The Morgan fingerprint density at radius 3 is 1.58 bits per heavy atom. The second-order valence-electron chi connectivity index (χ2n) is 11.2. The summed E-state index contributed by atoms with van der Waals surface area (Å²) >= 11 is 0. The molecule has 9 aromatic rings. The summed E-state index contributed by atoms with van der Waals surface area (Å²) in [5.41, 5.74) is 8.89. The van der Waals surface area contributed by atoms with Crippen LogP contribution in [0.15, 0.2) is 174 Å². The van der Waals surface area contributed by atoms with E-state index in [0.29, 0.717) is 5.56 Å². The first-order chi connectivity index (χ1) is 24.4. The van der Waals surface area contributed by atoms with Gasteiger partial charge >= 0.3 is 0 Å². The summed E-state index contributed by atoms with van der Waals surface area (Å²) in [6.45, 7) is 0. The summed E-state index contributed by atoms with van der Waals surface area (Å²) < 4.78 is 47.9. The maximum atomic E-state index is 8.49. The minimum Gasteiger partial charge on any atom is -0.455 e. The smallest absolute Gasteiger partial charge is 0.143 e. The third kappa shape index (κ3) is 4.09. The van der Waals surface area contributed by atoms with E-state index >= 15 is 0 Å². The van der Waals surface area contributed by atoms with Gasteiger partial charge < -0.3 is 4.42 Å². The lowest BCUT2D eigenvalue weighted by Crippen LogP contribution is -1.92. The van der Waals surface area contributed by atoms with Gasteiger partial charge in [0.05, 0.1) is 6.85 Å². The van der Waals surface area contributed by atoms with Gasteiger partial charge in [-0.25, -0.2) is 0 Å². The van der Waals surface area contributed by atoms with E-state index in [0.717, 1.165) is 76.9 Å². The fraction of sp³-hybridized carbons (Fsp3) is 0. The van der Waals surface area contributed by atoms with Gasteiger partial charge in [-0.1, -0.05) is 158 Å². The van der Waals surface area contributed by atoms with Crippen molar-refractivity contribution in [3.05, 3.63) is 170 Å². The molecule has 0 radical (unpaired) electrons. The monoisotopic (exact) mass is 577 g/mol. The van der Waals surface area contributed by atoms with Crippen LogP contribution in [0.2, 0.25) is 0 Å². The van der Waals surface area contributed by atoms with Gasteiger partial charge in [-0.05, 0) is 72.6 Å². The van der Waals surface area contributed by atoms with Gasteiger partial charge in [-0.2, -0.15) is 0 Å². The van der Waals surface area contributed by atoms with E-state index in [1.165, 1.54) is 0 Å². The molecule has 0 bridgehead atoms. The van der Waals surface area contributed by atoms with Crippen molar-refractivity contribution in [2.45, 2.75) is 0 Å². The van der Waals surface area contributed by atoms with Crippen LogP contribution in [-0.2, 0) is 0 Å². The Morgan fingerprint density at radius 2 is 0.911 bits per heavy atom. The first-order valence-corrected chi connectivity index (χ1v) is 15.0. The lowest BCUT2D eigenvalue weighted by molar-refractivity contribution is 0.670. The van der Waals surface area contributed by atoms with Gasteiger partial charge in [0.2, 0.25) is 0 Å². The van der Waals surface area contributed by atoms with E-state index in [4.69, 9.17) is 11.3 Å². The van der Waals surface area contributed by atoms with Crippen LogP contribution >= 0.6 is 0 Å². The second-order valence-corrected chi connectivity index (χ2v) is 11.2. The summed E-state index contributed by atoms with van der Waals surface area (Å²) in [6, 6.07) is 46.1. The Bertz CT molecular complexity index is 2720. The zero-order valence-corrected chi connectivity index (χ0v) is 24.2. The molecule has 0 saturated heterocycles. The summed E-state index contributed by atoms with van der Waals surface area (Å²) in [7, 11) is 0. The molecule has 0 unspecified atom stereocenters. The molecule has 0 aliphatic carbocycles. The maximum absolute atomic E-state index is 8.49. The van der Waals surface area contributed by atoms with E-state index in [1.807, 2.05) is 54.6 Å². The molecule has 45 heavy (non-hydrogen) atoms. The normalized spacial score (nSPS) is 13.1. The number of rotatable bonds is 4. The molecule has 8 aromatic carbocycles. The summed E-state index contributed by atoms with van der Waals surface area (Å²) in [5.74, 6) is 0. The van der Waals surface area contributed by atoms with Crippen molar-refractivity contribution in [1.82, 2.24) is 0 Å². The van der Waals surface area contributed by atoms with Crippen LogP contribution in [0.1, 0.15) is 6.85 Å². The number of fused-ring (bicyclic) bond motifs is 5. The Kier molecular flexibility index (Phi) is 4.81. The molecule has 0 N–H and O–H groups in total. The molecule has 210 valence electrons. The van der Waals surface area contributed by atoms with E-state index in [1.54, 1.807) is 0 Å². The molecule has 0 saturated carbocycles. The zero-order valence-electron chi connectivity index (χ0n) is 29.2. The predicted molar refractivity (Wildman–Crippen MR) is 190 cm³/mol. The van der Waals surface area contributed by atoms with Crippen LogP contribution in [0.4, 0.5) is 0 Å². The third-order valence-corrected chi connectivity index (χ3v) is 8.77. The number of furan rings is 1. The second kappa shape index (κ2) is 10.4. The highest BCUT2D eigenvalue weighted by atomic mass is 16.3. The fourth-order valence-corrected chi connectivity index (χ4v) is 6.81. The molecule has 1 heteroatoms. The van der Waals surface area contributed by atoms with Crippen molar-refractivity contribution in [2.24, 2.45) is 0 Å². The number of hydrogen-bond acceptors (Lipinski definition) is 1. The SMILES string of the molecule is [2H]c1c([2H])c([2H])c(-c2ccc(-c3c4ccccc4c(-c4ccc(-c5ccccc5)c5oc6ccccc6c45)c4ccccc34)cc2)c([2H])c1[2H]. The van der Waals surface area contributed by atoms with Crippen LogP contribution in [0.25, 0.3) is 88.0 Å². The van der Waals surface area contributed by atoms with Crippen LogP contribution in [-0.4, -0.2) is 0 Å². The molecule has 1 heterocycles.